The molecule has 0 bridgehead atoms. The van der Waals surface area contributed by atoms with E-state index in [1.807, 2.05) is 0 Å². The van der Waals surface area contributed by atoms with Crippen molar-refractivity contribution in [3.8, 4) is 0 Å². The van der Waals surface area contributed by atoms with E-state index in [1.54, 1.807) is 6.92 Å². The Labute approximate surface area is 102 Å². The van der Waals surface area contributed by atoms with Gasteiger partial charge in [0.05, 0.1) is 0 Å². The molecular formula is C12H26Mg. The summed E-state index contributed by atoms with van der Waals surface area (Å²) >= 11 is 0. The van der Waals surface area contributed by atoms with Gasteiger partial charge in [0.1, 0.15) is 0 Å². The van der Waals surface area contributed by atoms with Crippen molar-refractivity contribution in [3.05, 3.63) is 13.8 Å². The van der Waals surface area contributed by atoms with E-state index < -0.39 is 0 Å². The van der Waals surface area contributed by atoms with Crippen LogP contribution in [0.1, 0.15) is 65.2 Å². The first kappa shape index (κ1) is 19.4. The zero-order valence-electron chi connectivity index (χ0n) is 9.78. The fraction of sp³-hybridized carbons (Fsp3) is 0.833. The molecular weight excluding hydrogens is 168 g/mol. The van der Waals surface area contributed by atoms with Gasteiger partial charge in [-0.25, -0.2) is 0 Å². The molecule has 0 saturated heterocycles. The first-order valence-corrected chi connectivity index (χ1v) is 5.41. The third-order valence-electron chi connectivity index (χ3n) is 1.85. The minimum atomic E-state index is 0. The molecule has 0 aliphatic heterocycles. The second-order valence-corrected chi connectivity index (χ2v) is 2.97. The van der Waals surface area contributed by atoms with Gasteiger partial charge in [-0.2, -0.15) is 13.3 Å². The van der Waals surface area contributed by atoms with Gasteiger partial charge >= 0.3 is 23.1 Å². The summed E-state index contributed by atoms with van der Waals surface area (Å²) in [6, 6.07) is 0. The molecule has 0 saturated carbocycles. The van der Waals surface area contributed by atoms with Crippen LogP contribution in [0.15, 0.2) is 0 Å². The molecule has 0 fully saturated rings. The molecule has 0 atom stereocenters. The molecule has 0 aromatic heterocycles. The fourth-order valence-corrected chi connectivity index (χ4v) is 1.13. The summed E-state index contributed by atoms with van der Waals surface area (Å²) in [6.45, 7) is 11.1. The van der Waals surface area contributed by atoms with Gasteiger partial charge in [-0.15, -0.1) is 0 Å². The van der Waals surface area contributed by atoms with Crippen LogP contribution >= 0.6 is 0 Å². The van der Waals surface area contributed by atoms with Gasteiger partial charge in [0.2, 0.25) is 0 Å². The van der Waals surface area contributed by atoms with Crippen molar-refractivity contribution < 1.29 is 0 Å². The quantitative estimate of drug-likeness (QED) is 0.320. The number of unbranched alkanes of at least 4 members (excludes halogenated alkanes) is 7. The van der Waals surface area contributed by atoms with Crippen molar-refractivity contribution in [3.63, 3.8) is 0 Å². The third kappa shape index (κ3) is 24.5. The molecule has 76 valence electrons. The van der Waals surface area contributed by atoms with E-state index in [0.29, 0.717) is 0 Å². The Hall–Kier alpha value is 0.766. The zero-order valence-corrected chi connectivity index (χ0v) is 11.2. The second kappa shape index (κ2) is 23.0. The Morgan fingerprint density at radius 3 is 1.54 bits per heavy atom. The normalized spacial score (nSPS) is 8.31. The molecule has 0 aliphatic rings. The van der Waals surface area contributed by atoms with E-state index in [2.05, 4.69) is 20.8 Å². The topological polar surface area (TPSA) is 0 Å². The van der Waals surface area contributed by atoms with Gasteiger partial charge in [-0.1, -0.05) is 51.9 Å². The zero-order chi connectivity index (χ0) is 9.66. The first-order valence-electron chi connectivity index (χ1n) is 5.41. The Kier molecular flexibility index (Phi) is 34.2. The summed E-state index contributed by atoms with van der Waals surface area (Å²) in [5.41, 5.74) is 0. The minimum absolute atomic E-state index is 0. The molecule has 0 N–H and O–H groups in total. The van der Waals surface area contributed by atoms with Crippen LogP contribution in [0.25, 0.3) is 0 Å². The molecule has 0 nitrogen and oxygen atoms in total. The SMILES string of the molecule is [CH2-]C.[CH2-]CCCCCCCCC.[Mg+2]. The van der Waals surface area contributed by atoms with Crippen LogP contribution in [0.5, 0.6) is 0 Å². The molecule has 0 heterocycles. The van der Waals surface area contributed by atoms with E-state index in [1.165, 1.54) is 44.9 Å². The van der Waals surface area contributed by atoms with Gasteiger partial charge in [0.25, 0.3) is 0 Å². The van der Waals surface area contributed by atoms with Crippen LogP contribution in [0.2, 0.25) is 0 Å². The largest absolute Gasteiger partial charge is 2.00 e. The maximum atomic E-state index is 3.82. The molecule has 0 amide bonds. The predicted molar refractivity (Wildman–Crippen MR) is 64.8 cm³/mol. The van der Waals surface area contributed by atoms with Gasteiger partial charge in [0, 0.05) is 0 Å². The molecule has 0 aromatic carbocycles. The van der Waals surface area contributed by atoms with Crippen LogP contribution in [-0.4, -0.2) is 23.1 Å². The van der Waals surface area contributed by atoms with E-state index in [9.17, 15) is 0 Å². The van der Waals surface area contributed by atoms with Crippen LogP contribution in [0.4, 0.5) is 0 Å². The van der Waals surface area contributed by atoms with Gasteiger partial charge in [-0.3, -0.25) is 0 Å². The van der Waals surface area contributed by atoms with Crippen LogP contribution < -0.4 is 0 Å². The maximum Gasteiger partial charge on any atom is 2.00 e. The van der Waals surface area contributed by atoms with Crippen LogP contribution in [0.3, 0.4) is 0 Å². The summed E-state index contributed by atoms with van der Waals surface area (Å²) in [5.74, 6) is 0. The van der Waals surface area contributed by atoms with E-state index in [-0.39, 0.29) is 23.1 Å². The molecule has 0 rings (SSSR count). The number of rotatable bonds is 7. The van der Waals surface area contributed by atoms with Gasteiger partial charge in [0.15, 0.2) is 0 Å². The minimum Gasteiger partial charge on any atom is -0.346 e. The van der Waals surface area contributed by atoms with Crippen molar-refractivity contribution in [2.75, 3.05) is 0 Å². The van der Waals surface area contributed by atoms with E-state index in [4.69, 9.17) is 0 Å². The molecule has 1 heteroatoms. The van der Waals surface area contributed by atoms with E-state index >= 15 is 0 Å². The van der Waals surface area contributed by atoms with Crippen molar-refractivity contribution >= 4 is 23.1 Å². The molecule has 0 radical (unpaired) electrons. The summed E-state index contributed by atoms with van der Waals surface area (Å²) in [4.78, 5) is 0. The van der Waals surface area contributed by atoms with Gasteiger partial charge in [-0.05, 0) is 0 Å². The van der Waals surface area contributed by atoms with Crippen LogP contribution in [0, 0.1) is 13.8 Å². The van der Waals surface area contributed by atoms with Crippen molar-refractivity contribution in [2.24, 2.45) is 0 Å². The van der Waals surface area contributed by atoms with E-state index in [0.717, 1.165) is 6.42 Å². The molecule has 0 unspecified atom stereocenters. The maximum absolute atomic E-state index is 3.82. The molecule has 0 spiro atoms. The monoisotopic (exact) mass is 194 g/mol. The fourth-order valence-electron chi connectivity index (χ4n) is 1.13. The average Bonchev–Trinajstić information content (AvgIpc) is 2.15. The Morgan fingerprint density at radius 2 is 1.15 bits per heavy atom. The smallest absolute Gasteiger partial charge is 0.346 e. The Balaban J connectivity index is -0.000000309. The molecule has 0 aliphatic carbocycles. The summed E-state index contributed by atoms with van der Waals surface area (Å²) in [5, 5.41) is 0. The predicted octanol–water partition coefficient (Wildman–Crippen LogP) is 4.42. The second-order valence-electron chi connectivity index (χ2n) is 2.97. The Bertz CT molecular complexity index is 45.1. The van der Waals surface area contributed by atoms with Crippen molar-refractivity contribution in [1.29, 1.82) is 0 Å². The average molecular weight is 195 g/mol. The van der Waals surface area contributed by atoms with Crippen molar-refractivity contribution in [2.45, 2.75) is 65.2 Å². The standard InChI is InChI=1S/C10H21.C2H5.Mg/c1-3-5-7-9-10-8-6-4-2;1-2;/h1,3-10H2,2H3;1H2,2H3;/q2*-1;+2. The first-order chi connectivity index (χ1) is 5.91. The number of hydrogen-bond donors (Lipinski definition) is 0. The molecule has 13 heavy (non-hydrogen) atoms. The van der Waals surface area contributed by atoms with Gasteiger partial charge < -0.3 is 13.8 Å². The number of hydrogen-bond acceptors (Lipinski definition) is 0. The van der Waals surface area contributed by atoms with Crippen molar-refractivity contribution in [1.82, 2.24) is 0 Å². The van der Waals surface area contributed by atoms with Crippen LogP contribution in [-0.2, 0) is 0 Å². The third-order valence-corrected chi connectivity index (χ3v) is 1.85. The molecule has 0 aromatic rings. The summed E-state index contributed by atoms with van der Waals surface area (Å²) in [6.07, 6.45) is 10.9. The summed E-state index contributed by atoms with van der Waals surface area (Å²) in [7, 11) is 0. The Morgan fingerprint density at radius 1 is 0.769 bits per heavy atom. The summed E-state index contributed by atoms with van der Waals surface area (Å²) < 4.78 is 0.